The zero-order chi connectivity index (χ0) is 18.6. The molecule has 0 bridgehead atoms. The number of carbonyl (C=O) groups is 1. The molecule has 26 heavy (non-hydrogen) atoms. The van der Waals surface area contributed by atoms with Gasteiger partial charge in [-0.2, -0.15) is 0 Å². The number of aromatic nitrogens is 1. The van der Waals surface area contributed by atoms with Crippen molar-refractivity contribution in [1.29, 1.82) is 0 Å². The Bertz CT molecular complexity index is 858. The van der Waals surface area contributed by atoms with E-state index in [1.165, 1.54) is 30.5 Å². The molecule has 1 aromatic heterocycles. The molecular formula is C17H19FN2O5S. The number of oxazole rings is 1. The number of halogens is 1. The molecule has 1 N–H and O–H groups in total. The second kappa shape index (κ2) is 7.96. The normalized spacial score (nSPS) is 17.8. The quantitative estimate of drug-likeness (QED) is 0.821. The van der Waals surface area contributed by atoms with Crippen LogP contribution in [0.25, 0.3) is 11.5 Å². The molecule has 1 aromatic carbocycles. The smallest absolute Gasteiger partial charge is 0.239 e. The number of nitrogens with zero attached hydrogens (tertiary/aromatic N) is 1. The van der Waals surface area contributed by atoms with Crippen LogP contribution in [0.4, 0.5) is 4.39 Å². The average Bonchev–Trinajstić information content (AvgIpc) is 3.03. The molecule has 0 aliphatic carbocycles. The van der Waals surface area contributed by atoms with Crippen molar-refractivity contribution in [1.82, 2.24) is 9.71 Å². The minimum Gasteiger partial charge on any atom is -0.444 e. The number of hydrogen-bond donors (Lipinski definition) is 1. The van der Waals surface area contributed by atoms with E-state index in [0.717, 1.165) is 12.8 Å². The summed E-state index contributed by atoms with van der Waals surface area (Å²) in [6, 6.07) is 5.54. The predicted molar refractivity (Wildman–Crippen MR) is 91.1 cm³/mol. The molecule has 0 radical (unpaired) electrons. The minimum absolute atomic E-state index is 0.228. The van der Waals surface area contributed by atoms with Gasteiger partial charge in [0.15, 0.2) is 0 Å². The summed E-state index contributed by atoms with van der Waals surface area (Å²) in [4.78, 5) is 16.1. The topological polar surface area (TPSA) is 98.5 Å². The molecule has 1 aliphatic heterocycles. The van der Waals surface area contributed by atoms with E-state index in [2.05, 4.69) is 4.98 Å². The van der Waals surface area contributed by atoms with Crippen molar-refractivity contribution in [3.8, 4) is 11.5 Å². The fourth-order valence-electron chi connectivity index (χ4n) is 2.71. The van der Waals surface area contributed by atoms with E-state index in [4.69, 9.17) is 9.15 Å². The lowest BCUT2D eigenvalue weighted by Gasteiger charge is -2.22. The number of sulfonamides is 1. The van der Waals surface area contributed by atoms with Crippen LogP contribution in [0, 0.1) is 5.82 Å². The molecule has 1 saturated heterocycles. The van der Waals surface area contributed by atoms with E-state index in [1.807, 2.05) is 4.72 Å². The maximum atomic E-state index is 12.9. The fourth-order valence-corrected chi connectivity index (χ4v) is 3.97. The molecule has 140 valence electrons. The summed E-state index contributed by atoms with van der Waals surface area (Å²) in [6.45, 7) is 0.541. The summed E-state index contributed by atoms with van der Waals surface area (Å²) in [5.41, 5.74) is 0.839. The molecule has 0 unspecified atom stereocenters. The van der Waals surface area contributed by atoms with E-state index in [-0.39, 0.29) is 35.7 Å². The molecule has 2 heterocycles. The molecule has 1 fully saturated rings. The Morgan fingerprint density at radius 2 is 2.04 bits per heavy atom. The van der Waals surface area contributed by atoms with Crippen LogP contribution in [0.3, 0.4) is 0 Å². The van der Waals surface area contributed by atoms with Gasteiger partial charge in [0.25, 0.3) is 0 Å². The van der Waals surface area contributed by atoms with Crippen molar-refractivity contribution in [2.75, 3.05) is 12.4 Å². The van der Waals surface area contributed by atoms with Crippen molar-refractivity contribution >= 4 is 15.9 Å². The third-order valence-electron chi connectivity index (χ3n) is 3.93. The van der Waals surface area contributed by atoms with Crippen LogP contribution in [0.15, 0.2) is 34.9 Å². The van der Waals surface area contributed by atoms with Gasteiger partial charge in [-0.3, -0.25) is 9.52 Å². The van der Waals surface area contributed by atoms with Crippen molar-refractivity contribution in [3.05, 3.63) is 42.0 Å². The van der Waals surface area contributed by atoms with Gasteiger partial charge < -0.3 is 9.15 Å². The van der Waals surface area contributed by atoms with Crippen LogP contribution >= 0.6 is 0 Å². The first-order chi connectivity index (χ1) is 12.4. The first kappa shape index (κ1) is 18.5. The van der Waals surface area contributed by atoms with E-state index in [1.54, 1.807) is 0 Å². The van der Waals surface area contributed by atoms with Gasteiger partial charge in [-0.25, -0.2) is 17.8 Å². The van der Waals surface area contributed by atoms with Crippen molar-refractivity contribution < 1.29 is 26.8 Å². The van der Waals surface area contributed by atoms with Gasteiger partial charge in [-0.15, -0.1) is 0 Å². The average molecular weight is 382 g/mol. The largest absolute Gasteiger partial charge is 0.444 e. The maximum absolute atomic E-state index is 12.9. The molecule has 0 saturated carbocycles. The van der Waals surface area contributed by atoms with Gasteiger partial charge in [-0.1, -0.05) is 0 Å². The zero-order valence-electron chi connectivity index (χ0n) is 14.0. The molecule has 2 aromatic rings. The van der Waals surface area contributed by atoms with Crippen LogP contribution < -0.4 is 4.72 Å². The summed E-state index contributed by atoms with van der Waals surface area (Å²) in [5.74, 6) is -1.09. The van der Waals surface area contributed by atoms with Crippen LogP contribution in [-0.2, 0) is 26.0 Å². The SMILES string of the molecule is O=C(Cc1coc(-c2ccc(F)cc2)n1)NS(=O)(=O)C[C@@H]1CCCCO1. The fraction of sp³-hybridized carbons (Fsp3) is 0.412. The Morgan fingerprint density at radius 1 is 1.27 bits per heavy atom. The number of ether oxygens (including phenoxy) is 1. The number of carbonyl (C=O) groups excluding carboxylic acids is 1. The lowest BCUT2D eigenvalue weighted by molar-refractivity contribution is -0.118. The summed E-state index contributed by atoms with van der Waals surface area (Å²) in [5, 5.41) is 0. The number of rotatable bonds is 6. The Labute approximate surface area is 150 Å². The van der Waals surface area contributed by atoms with E-state index in [9.17, 15) is 17.6 Å². The first-order valence-electron chi connectivity index (χ1n) is 8.26. The van der Waals surface area contributed by atoms with Crippen LogP contribution in [0.2, 0.25) is 0 Å². The summed E-state index contributed by atoms with van der Waals surface area (Å²) in [7, 11) is -3.78. The van der Waals surface area contributed by atoms with Gasteiger partial charge in [0, 0.05) is 12.2 Å². The van der Waals surface area contributed by atoms with E-state index in [0.29, 0.717) is 18.6 Å². The highest BCUT2D eigenvalue weighted by molar-refractivity contribution is 7.90. The van der Waals surface area contributed by atoms with Gasteiger partial charge in [0.05, 0.1) is 24.0 Å². The molecule has 1 atom stereocenters. The van der Waals surface area contributed by atoms with Crippen molar-refractivity contribution in [3.63, 3.8) is 0 Å². The third-order valence-corrected chi connectivity index (χ3v) is 5.28. The van der Waals surface area contributed by atoms with Gasteiger partial charge in [0.1, 0.15) is 12.1 Å². The molecule has 0 spiro atoms. The van der Waals surface area contributed by atoms with E-state index >= 15 is 0 Å². The molecular weight excluding hydrogens is 363 g/mol. The van der Waals surface area contributed by atoms with Gasteiger partial charge in [-0.05, 0) is 43.5 Å². The van der Waals surface area contributed by atoms with Crippen molar-refractivity contribution in [2.24, 2.45) is 0 Å². The zero-order valence-corrected chi connectivity index (χ0v) is 14.8. The Balaban J connectivity index is 1.57. The number of nitrogens with one attached hydrogen (secondary N) is 1. The molecule has 1 aliphatic rings. The molecule has 7 nitrogen and oxygen atoms in total. The Hall–Kier alpha value is -2.26. The Morgan fingerprint density at radius 3 is 2.73 bits per heavy atom. The third kappa shape index (κ3) is 5.12. The molecule has 1 amide bonds. The van der Waals surface area contributed by atoms with Crippen LogP contribution in [-0.4, -0.2) is 37.8 Å². The summed E-state index contributed by atoms with van der Waals surface area (Å²) >= 11 is 0. The number of amides is 1. The van der Waals surface area contributed by atoms with Crippen LogP contribution in [0.1, 0.15) is 25.0 Å². The minimum atomic E-state index is -3.78. The molecule has 9 heteroatoms. The molecule has 3 rings (SSSR count). The highest BCUT2D eigenvalue weighted by Gasteiger charge is 2.24. The Kier molecular flexibility index (Phi) is 5.67. The maximum Gasteiger partial charge on any atom is 0.239 e. The lowest BCUT2D eigenvalue weighted by Crippen LogP contribution is -2.38. The monoisotopic (exact) mass is 382 g/mol. The number of hydrogen-bond acceptors (Lipinski definition) is 6. The standard InChI is InChI=1S/C17H19FN2O5S/c18-13-6-4-12(5-7-13)17-19-14(10-25-17)9-16(21)20-26(22,23)11-15-3-1-2-8-24-15/h4-7,10,15H,1-3,8-9,11H2,(H,20,21)/t15-/m0/s1. The van der Waals surface area contributed by atoms with E-state index < -0.39 is 15.9 Å². The highest BCUT2D eigenvalue weighted by Crippen LogP contribution is 2.19. The van der Waals surface area contributed by atoms with Crippen molar-refractivity contribution in [2.45, 2.75) is 31.8 Å². The summed E-state index contributed by atoms with van der Waals surface area (Å²) in [6.07, 6.45) is 3.15. The summed E-state index contributed by atoms with van der Waals surface area (Å²) < 4.78 is 49.7. The van der Waals surface area contributed by atoms with Gasteiger partial charge in [0.2, 0.25) is 21.8 Å². The second-order valence-corrected chi connectivity index (χ2v) is 7.89. The lowest BCUT2D eigenvalue weighted by atomic mass is 10.1. The van der Waals surface area contributed by atoms with Gasteiger partial charge >= 0.3 is 0 Å². The number of benzene rings is 1. The predicted octanol–water partition coefficient (Wildman–Crippen LogP) is 2.04. The highest BCUT2D eigenvalue weighted by atomic mass is 32.2. The first-order valence-corrected chi connectivity index (χ1v) is 9.92. The van der Waals surface area contributed by atoms with Crippen LogP contribution in [0.5, 0.6) is 0 Å². The second-order valence-electron chi connectivity index (χ2n) is 6.12.